The molecule has 0 unspecified atom stereocenters. The van der Waals surface area contributed by atoms with E-state index in [9.17, 15) is 19.5 Å². The van der Waals surface area contributed by atoms with Gasteiger partial charge in [0.05, 0.1) is 24.0 Å². The Morgan fingerprint density at radius 3 is 1.64 bits per heavy atom. The fraction of sp³-hybridized carbons (Fsp3) is 0.342. The van der Waals surface area contributed by atoms with Crippen molar-refractivity contribution in [1.29, 1.82) is 0 Å². The lowest BCUT2D eigenvalue weighted by Crippen LogP contribution is -2.63. The first-order chi connectivity index (χ1) is 22.9. The normalized spacial score (nSPS) is 21.9. The van der Waals surface area contributed by atoms with Crippen molar-refractivity contribution in [3.8, 4) is 0 Å². The zero-order chi connectivity index (χ0) is 33.6. The van der Waals surface area contributed by atoms with Crippen LogP contribution in [0.25, 0.3) is 0 Å². The van der Waals surface area contributed by atoms with Crippen molar-refractivity contribution in [3.63, 3.8) is 0 Å². The summed E-state index contributed by atoms with van der Waals surface area (Å²) in [5, 5.41) is 10.3. The minimum Gasteiger partial charge on any atom is -0.454 e. The highest BCUT2D eigenvalue weighted by Crippen LogP contribution is 2.32. The van der Waals surface area contributed by atoms with Gasteiger partial charge in [-0.15, -0.1) is 13.2 Å². The summed E-state index contributed by atoms with van der Waals surface area (Å²) in [4.78, 5) is 41.0. The summed E-state index contributed by atoms with van der Waals surface area (Å²) in [5.74, 6) is -3.25. The van der Waals surface area contributed by atoms with Crippen molar-refractivity contribution in [1.82, 2.24) is 0 Å². The van der Waals surface area contributed by atoms with Crippen molar-refractivity contribution in [2.45, 2.75) is 56.4 Å². The van der Waals surface area contributed by atoms with E-state index in [0.29, 0.717) is 25.7 Å². The van der Waals surface area contributed by atoms with Crippen LogP contribution in [0.2, 0.25) is 0 Å². The Hall–Kier alpha value is -4.57. The molecular weight excluding hydrogens is 600 g/mol. The molecule has 0 aliphatic carbocycles. The lowest BCUT2D eigenvalue weighted by Gasteiger charge is -2.44. The van der Waals surface area contributed by atoms with E-state index in [0.717, 1.165) is 11.1 Å². The first kappa shape index (κ1) is 35.3. The van der Waals surface area contributed by atoms with Gasteiger partial charge in [-0.1, -0.05) is 91.0 Å². The number of allylic oxidation sites excluding steroid dienone is 2. The van der Waals surface area contributed by atoms with Gasteiger partial charge in [0.25, 0.3) is 0 Å². The minimum absolute atomic E-state index is 0.235. The number of carbonyl (C=O) groups is 3. The number of esters is 3. The molecule has 1 aliphatic heterocycles. The van der Waals surface area contributed by atoms with E-state index in [1.807, 2.05) is 60.7 Å². The molecule has 0 aromatic heterocycles. The largest absolute Gasteiger partial charge is 0.454 e. The molecule has 47 heavy (non-hydrogen) atoms. The Kier molecular flexibility index (Phi) is 13.5. The van der Waals surface area contributed by atoms with Gasteiger partial charge < -0.3 is 28.8 Å². The summed E-state index contributed by atoms with van der Waals surface area (Å²) < 4.78 is 29.6. The van der Waals surface area contributed by atoms with Crippen LogP contribution in [-0.4, -0.2) is 67.4 Å². The highest BCUT2D eigenvalue weighted by atomic mass is 16.7. The first-order valence-corrected chi connectivity index (χ1v) is 15.6. The van der Waals surface area contributed by atoms with Gasteiger partial charge in [-0.25, -0.2) is 4.79 Å². The number of hydrogen-bond acceptors (Lipinski definition) is 9. The van der Waals surface area contributed by atoms with Crippen LogP contribution >= 0.6 is 0 Å². The molecule has 1 N–H and O–H groups in total. The monoisotopic (exact) mass is 642 g/mol. The van der Waals surface area contributed by atoms with E-state index in [4.69, 9.17) is 23.7 Å². The molecule has 0 saturated carbocycles. The lowest BCUT2D eigenvalue weighted by molar-refractivity contribution is -0.301. The molecule has 0 spiro atoms. The SMILES string of the molecule is C=CC[C@H](Cc1ccccc1)C(=O)O[C@H]1[C@@H](OC(=O)c2ccccc2)[C@@H](CO)O[C@H](OC)[C@@H]1OC(=O)[C@H](CC=C)Cc1ccccc1. The van der Waals surface area contributed by atoms with E-state index in [-0.39, 0.29) is 5.56 Å². The molecule has 3 aromatic rings. The molecule has 248 valence electrons. The third-order valence-electron chi connectivity index (χ3n) is 7.98. The fourth-order valence-corrected chi connectivity index (χ4v) is 5.57. The van der Waals surface area contributed by atoms with Crippen molar-refractivity contribution < 1.29 is 43.2 Å². The molecule has 3 aromatic carbocycles. The maximum atomic E-state index is 13.9. The molecule has 9 heteroatoms. The van der Waals surface area contributed by atoms with Crippen LogP contribution in [0, 0.1) is 11.8 Å². The van der Waals surface area contributed by atoms with Crippen LogP contribution in [0.4, 0.5) is 0 Å². The van der Waals surface area contributed by atoms with Gasteiger partial charge in [0.15, 0.2) is 24.6 Å². The third kappa shape index (κ3) is 9.71. The Morgan fingerprint density at radius 1 is 0.723 bits per heavy atom. The topological polar surface area (TPSA) is 118 Å². The van der Waals surface area contributed by atoms with Crippen LogP contribution < -0.4 is 0 Å². The summed E-state index contributed by atoms with van der Waals surface area (Å²) in [7, 11) is 1.34. The van der Waals surface area contributed by atoms with Gasteiger partial charge in [-0.3, -0.25) is 9.59 Å². The summed E-state index contributed by atoms with van der Waals surface area (Å²) in [6, 6.07) is 27.2. The zero-order valence-corrected chi connectivity index (χ0v) is 26.5. The predicted molar refractivity (Wildman–Crippen MR) is 175 cm³/mol. The Morgan fingerprint density at radius 2 is 1.19 bits per heavy atom. The van der Waals surface area contributed by atoms with Crippen LogP contribution in [-0.2, 0) is 46.1 Å². The highest BCUT2D eigenvalue weighted by molar-refractivity contribution is 5.89. The summed E-state index contributed by atoms with van der Waals surface area (Å²) in [6.07, 6.45) is -1.93. The molecule has 1 heterocycles. The second-order valence-corrected chi connectivity index (χ2v) is 11.3. The molecule has 1 fully saturated rings. The smallest absolute Gasteiger partial charge is 0.338 e. The highest BCUT2D eigenvalue weighted by Gasteiger charge is 2.53. The molecule has 0 radical (unpaired) electrons. The maximum Gasteiger partial charge on any atom is 0.338 e. The van der Waals surface area contributed by atoms with E-state index in [2.05, 4.69) is 13.2 Å². The number of methoxy groups -OCH3 is 1. The molecule has 0 amide bonds. The zero-order valence-electron chi connectivity index (χ0n) is 26.5. The van der Waals surface area contributed by atoms with E-state index in [1.165, 1.54) is 7.11 Å². The minimum atomic E-state index is -1.39. The van der Waals surface area contributed by atoms with Gasteiger partial charge in [-0.05, 0) is 48.9 Å². The quantitative estimate of drug-likeness (QED) is 0.127. The molecule has 7 atom stereocenters. The molecule has 9 nitrogen and oxygen atoms in total. The fourth-order valence-electron chi connectivity index (χ4n) is 5.57. The Bertz CT molecular complexity index is 1440. The molecule has 1 aliphatic rings. The van der Waals surface area contributed by atoms with Crippen molar-refractivity contribution in [2.24, 2.45) is 11.8 Å². The van der Waals surface area contributed by atoms with Crippen molar-refractivity contribution in [3.05, 3.63) is 133 Å². The van der Waals surface area contributed by atoms with E-state index < -0.39 is 67.1 Å². The first-order valence-electron chi connectivity index (χ1n) is 15.6. The number of rotatable bonds is 16. The van der Waals surface area contributed by atoms with E-state index in [1.54, 1.807) is 42.5 Å². The Labute approximate surface area is 275 Å². The second-order valence-electron chi connectivity index (χ2n) is 11.3. The van der Waals surface area contributed by atoms with E-state index >= 15 is 0 Å². The second kappa shape index (κ2) is 17.9. The number of ether oxygens (including phenoxy) is 5. The predicted octanol–water partition coefficient (Wildman–Crippen LogP) is 5.27. The number of aliphatic hydroxyl groups is 1. The molecule has 1 saturated heterocycles. The number of carbonyl (C=O) groups excluding carboxylic acids is 3. The molecular formula is C38H42O9. The molecule has 4 rings (SSSR count). The van der Waals surface area contributed by atoms with Gasteiger partial charge >= 0.3 is 17.9 Å². The Balaban J connectivity index is 1.68. The maximum absolute atomic E-state index is 13.9. The van der Waals surface area contributed by atoms with Gasteiger partial charge in [-0.2, -0.15) is 0 Å². The van der Waals surface area contributed by atoms with Crippen molar-refractivity contribution >= 4 is 17.9 Å². The summed E-state index contributed by atoms with van der Waals surface area (Å²) in [6.45, 7) is 7.01. The van der Waals surface area contributed by atoms with Crippen LogP contribution in [0.3, 0.4) is 0 Å². The number of aliphatic hydroxyl groups excluding tert-OH is 1. The average Bonchev–Trinajstić information content (AvgIpc) is 3.10. The van der Waals surface area contributed by atoms with Gasteiger partial charge in [0.2, 0.25) is 0 Å². The standard InChI is InChI=1S/C38H42O9/c1-4-15-29(23-26-17-9-6-10-18-26)36(41)46-33-32(45-35(40)28-21-13-8-14-22-28)31(25-39)44-38(43-3)34(33)47-37(42)30(16-5-2)24-27-19-11-7-12-20-27/h4-14,17-22,29-34,38-39H,1-2,15-16,23-25H2,3H3/t29-,30-,31-,32+,33+,34-,38+/m1/s1. The number of benzene rings is 3. The lowest BCUT2D eigenvalue weighted by atomic mass is 9.94. The number of hydrogen-bond donors (Lipinski definition) is 1. The summed E-state index contributed by atoms with van der Waals surface area (Å²) in [5.41, 5.74) is 2.07. The van der Waals surface area contributed by atoms with Gasteiger partial charge in [0, 0.05) is 7.11 Å². The van der Waals surface area contributed by atoms with Gasteiger partial charge in [0.1, 0.15) is 6.10 Å². The average molecular weight is 643 g/mol. The van der Waals surface area contributed by atoms with Crippen molar-refractivity contribution in [2.75, 3.05) is 13.7 Å². The van der Waals surface area contributed by atoms with Crippen LogP contribution in [0.15, 0.2) is 116 Å². The summed E-state index contributed by atoms with van der Waals surface area (Å²) >= 11 is 0. The molecule has 0 bridgehead atoms. The third-order valence-corrected chi connectivity index (χ3v) is 7.98. The van der Waals surface area contributed by atoms with Crippen LogP contribution in [0.1, 0.15) is 34.3 Å². The van der Waals surface area contributed by atoms with Crippen LogP contribution in [0.5, 0.6) is 0 Å².